The summed E-state index contributed by atoms with van der Waals surface area (Å²) in [6, 6.07) is 7.09. The average molecular weight is 429 g/mol. The Morgan fingerprint density at radius 2 is 1.68 bits per heavy atom. The molecule has 4 aliphatic carbocycles. The van der Waals surface area contributed by atoms with Crippen LogP contribution in [0.25, 0.3) is 0 Å². The van der Waals surface area contributed by atoms with Crippen LogP contribution in [0.1, 0.15) is 51.9 Å². The summed E-state index contributed by atoms with van der Waals surface area (Å²) in [7, 11) is 0. The number of rotatable bonds is 9. The van der Waals surface area contributed by atoms with Gasteiger partial charge >= 0.3 is 5.97 Å². The second-order valence-corrected chi connectivity index (χ2v) is 9.34. The number of anilines is 1. The molecule has 4 fully saturated rings. The van der Waals surface area contributed by atoms with E-state index in [0.717, 1.165) is 19.3 Å². The lowest BCUT2D eigenvalue weighted by atomic mass is 9.49. The standard InChI is InChI=1S/C24H32N2O5/c1-2-30-20-6-4-3-5-19(20)26-21(27)15-31-22(28)7-8-25-23(29)24-12-16-9-17(13-24)11-18(10-16)14-24/h3-6,16-18H,2,7-15H2,1H3,(H,25,29)(H,26,27). The number of carbonyl (C=O) groups excluding carboxylic acids is 3. The molecule has 4 aliphatic rings. The number of hydrogen-bond acceptors (Lipinski definition) is 5. The summed E-state index contributed by atoms with van der Waals surface area (Å²) >= 11 is 0. The van der Waals surface area contributed by atoms with Gasteiger partial charge in [0.1, 0.15) is 5.75 Å². The van der Waals surface area contributed by atoms with Gasteiger partial charge in [0.25, 0.3) is 5.91 Å². The smallest absolute Gasteiger partial charge is 0.308 e. The Bertz CT molecular complexity index is 802. The highest BCUT2D eigenvalue weighted by Gasteiger charge is 2.54. The van der Waals surface area contributed by atoms with Crippen LogP contribution in [0.15, 0.2) is 24.3 Å². The van der Waals surface area contributed by atoms with Gasteiger partial charge in [-0.2, -0.15) is 0 Å². The Hall–Kier alpha value is -2.57. The van der Waals surface area contributed by atoms with Gasteiger partial charge in [0.05, 0.1) is 18.7 Å². The molecule has 0 aromatic heterocycles. The zero-order valence-electron chi connectivity index (χ0n) is 18.2. The molecule has 31 heavy (non-hydrogen) atoms. The number of amides is 2. The van der Waals surface area contributed by atoms with Gasteiger partial charge in [-0.05, 0) is 75.3 Å². The topological polar surface area (TPSA) is 93.7 Å². The van der Waals surface area contributed by atoms with Crippen LogP contribution in [0.4, 0.5) is 5.69 Å². The van der Waals surface area contributed by atoms with Gasteiger partial charge in [-0.3, -0.25) is 14.4 Å². The molecule has 0 saturated heterocycles. The lowest BCUT2D eigenvalue weighted by Gasteiger charge is -2.55. The maximum absolute atomic E-state index is 12.9. The number of nitrogens with one attached hydrogen (secondary N) is 2. The Morgan fingerprint density at radius 1 is 1.03 bits per heavy atom. The summed E-state index contributed by atoms with van der Waals surface area (Å²) in [6.07, 6.45) is 6.92. The molecule has 1 aromatic carbocycles. The first-order chi connectivity index (χ1) is 15.0. The van der Waals surface area contributed by atoms with E-state index >= 15 is 0 Å². The van der Waals surface area contributed by atoms with E-state index in [1.54, 1.807) is 18.2 Å². The normalized spacial score (nSPS) is 28.1. The van der Waals surface area contributed by atoms with Crippen LogP contribution in [-0.4, -0.2) is 37.5 Å². The quantitative estimate of drug-likeness (QED) is 0.589. The minimum atomic E-state index is -0.501. The first-order valence-electron chi connectivity index (χ1n) is 11.4. The molecule has 4 saturated carbocycles. The summed E-state index contributed by atoms with van der Waals surface area (Å²) in [4.78, 5) is 37.0. The Kier molecular flexibility index (Phi) is 6.49. The second kappa shape index (κ2) is 9.28. The van der Waals surface area contributed by atoms with Crippen molar-refractivity contribution < 1.29 is 23.9 Å². The highest BCUT2D eigenvalue weighted by Crippen LogP contribution is 2.60. The zero-order chi connectivity index (χ0) is 21.8. The van der Waals surface area contributed by atoms with E-state index in [1.165, 1.54) is 19.3 Å². The fraction of sp³-hybridized carbons (Fsp3) is 0.625. The van der Waals surface area contributed by atoms with Crippen LogP contribution in [0.5, 0.6) is 5.75 Å². The molecule has 0 radical (unpaired) electrons. The summed E-state index contributed by atoms with van der Waals surface area (Å²) in [6.45, 7) is 2.22. The molecule has 7 heteroatoms. The third kappa shape index (κ3) is 5.02. The Balaban J connectivity index is 1.17. The molecule has 0 atom stereocenters. The van der Waals surface area contributed by atoms with Crippen LogP contribution in [0, 0.1) is 23.2 Å². The molecular formula is C24H32N2O5. The van der Waals surface area contributed by atoms with Gasteiger partial charge < -0.3 is 20.1 Å². The van der Waals surface area contributed by atoms with E-state index in [0.29, 0.717) is 35.8 Å². The van der Waals surface area contributed by atoms with E-state index in [-0.39, 0.29) is 30.9 Å². The number of hydrogen-bond donors (Lipinski definition) is 2. The van der Waals surface area contributed by atoms with Crippen LogP contribution in [0.2, 0.25) is 0 Å². The minimum Gasteiger partial charge on any atom is -0.492 e. The lowest BCUT2D eigenvalue weighted by molar-refractivity contribution is -0.148. The summed E-state index contributed by atoms with van der Waals surface area (Å²) < 4.78 is 10.5. The van der Waals surface area contributed by atoms with E-state index in [1.807, 2.05) is 13.0 Å². The van der Waals surface area contributed by atoms with E-state index in [9.17, 15) is 14.4 Å². The van der Waals surface area contributed by atoms with Gasteiger partial charge in [-0.1, -0.05) is 12.1 Å². The first kappa shape index (κ1) is 21.7. The van der Waals surface area contributed by atoms with Gasteiger partial charge in [0.15, 0.2) is 6.61 Å². The van der Waals surface area contributed by atoms with Crippen LogP contribution < -0.4 is 15.4 Å². The Morgan fingerprint density at radius 3 is 2.32 bits per heavy atom. The molecule has 0 heterocycles. The predicted molar refractivity (Wildman–Crippen MR) is 115 cm³/mol. The zero-order valence-corrected chi connectivity index (χ0v) is 18.2. The predicted octanol–water partition coefficient (Wildman–Crippen LogP) is 3.29. The van der Waals surface area contributed by atoms with Crippen LogP contribution in [-0.2, 0) is 19.1 Å². The van der Waals surface area contributed by atoms with Gasteiger partial charge in [0, 0.05) is 12.0 Å². The summed E-state index contributed by atoms with van der Waals surface area (Å²) in [5, 5.41) is 5.65. The van der Waals surface area contributed by atoms with Gasteiger partial charge in [-0.25, -0.2) is 0 Å². The molecule has 4 bridgehead atoms. The molecular weight excluding hydrogens is 396 g/mol. The first-order valence-corrected chi connectivity index (χ1v) is 11.4. The second-order valence-electron chi connectivity index (χ2n) is 9.34. The maximum Gasteiger partial charge on any atom is 0.308 e. The SMILES string of the molecule is CCOc1ccccc1NC(=O)COC(=O)CCNC(=O)C12CC3CC(CC(C3)C1)C2. The molecule has 2 N–H and O–H groups in total. The van der Waals surface area contributed by atoms with Crippen molar-refractivity contribution in [1.29, 1.82) is 0 Å². The van der Waals surface area contributed by atoms with Crippen molar-refractivity contribution in [1.82, 2.24) is 5.32 Å². The van der Waals surface area contributed by atoms with Crippen molar-refractivity contribution in [3.63, 3.8) is 0 Å². The monoisotopic (exact) mass is 428 g/mol. The summed E-state index contributed by atoms with van der Waals surface area (Å²) in [5.74, 6) is 1.84. The van der Waals surface area contributed by atoms with E-state index < -0.39 is 11.9 Å². The number of carbonyl (C=O) groups is 3. The Labute approximate surface area is 183 Å². The van der Waals surface area contributed by atoms with Crippen LogP contribution >= 0.6 is 0 Å². The van der Waals surface area contributed by atoms with Crippen molar-refractivity contribution in [3.8, 4) is 5.75 Å². The highest BCUT2D eigenvalue weighted by molar-refractivity contribution is 5.94. The van der Waals surface area contributed by atoms with Crippen molar-refractivity contribution in [3.05, 3.63) is 24.3 Å². The lowest BCUT2D eigenvalue weighted by Crippen LogP contribution is -2.53. The van der Waals surface area contributed by atoms with Crippen molar-refractivity contribution in [2.45, 2.75) is 51.9 Å². The molecule has 7 nitrogen and oxygen atoms in total. The van der Waals surface area contributed by atoms with Gasteiger partial charge in [-0.15, -0.1) is 0 Å². The van der Waals surface area contributed by atoms with E-state index in [2.05, 4.69) is 10.6 Å². The fourth-order valence-corrected chi connectivity index (χ4v) is 6.11. The summed E-state index contributed by atoms with van der Waals surface area (Å²) in [5.41, 5.74) is 0.320. The number of ether oxygens (including phenoxy) is 2. The third-order valence-corrected chi connectivity index (χ3v) is 6.96. The average Bonchev–Trinajstić information content (AvgIpc) is 2.73. The van der Waals surface area contributed by atoms with Crippen molar-refractivity contribution in [2.75, 3.05) is 25.1 Å². The van der Waals surface area contributed by atoms with Crippen molar-refractivity contribution in [2.24, 2.45) is 23.2 Å². The van der Waals surface area contributed by atoms with Crippen LogP contribution in [0.3, 0.4) is 0 Å². The number of benzene rings is 1. The van der Waals surface area contributed by atoms with E-state index in [4.69, 9.17) is 9.47 Å². The minimum absolute atomic E-state index is 0.0565. The maximum atomic E-state index is 12.9. The number of esters is 1. The highest BCUT2D eigenvalue weighted by atomic mass is 16.5. The van der Waals surface area contributed by atoms with Crippen molar-refractivity contribution >= 4 is 23.5 Å². The molecule has 0 unspecified atom stereocenters. The number of para-hydroxylation sites is 2. The molecule has 0 spiro atoms. The van der Waals surface area contributed by atoms with Gasteiger partial charge in [0.2, 0.25) is 5.91 Å². The largest absolute Gasteiger partial charge is 0.492 e. The molecule has 2 amide bonds. The molecule has 1 aromatic rings. The fourth-order valence-electron chi connectivity index (χ4n) is 6.11. The third-order valence-electron chi connectivity index (χ3n) is 6.96. The molecule has 168 valence electrons. The molecule has 5 rings (SSSR count). The molecule has 0 aliphatic heterocycles.